The Morgan fingerprint density at radius 3 is 3.17 bits per heavy atom. The maximum Gasteiger partial charge on any atom is 0.275 e. The summed E-state index contributed by atoms with van der Waals surface area (Å²) < 4.78 is 3.77. The van der Waals surface area contributed by atoms with Crippen molar-refractivity contribution in [2.45, 2.75) is 38.6 Å². The van der Waals surface area contributed by atoms with Crippen LogP contribution in [-0.2, 0) is 0 Å². The number of hydrogen-bond donors (Lipinski definition) is 1. The minimum atomic E-state index is 0.0194. The quantitative estimate of drug-likeness (QED) is 0.850. The predicted molar refractivity (Wildman–Crippen MR) is 71.7 cm³/mol. The van der Waals surface area contributed by atoms with Gasteiger partial charge in [-0.1, -0.05) is 17.8 Å². The fraction of sp³-hybridized carbons (Fsp3) is 0.750. The van der Waals surface area contributed by atoms with Gasteiger partial charge in [-0.3, -0.25) is 4.79 Å². The largest absolute Gasteiger partial charge is 0.336 e. The van der Waals surface area contributed by atoms with Crippen LogP contribution in [0.15, 0.2) is 5.38 Å². The minimum Gasteiger partial charge on any atom is -0.336 e. The van der Waals surface area contributed by atoms with Gasteiger partial charge in [-0.05, 0) is 37.3 Å². The molecule has 0 aliphatic carbocycles. The predicted octanol–water partition coefficient (Wildman–Crippen LogP) is 1.53. The van der Waals surface area contributed by atoms with Crippen LogP contribution in [0.2, 0.25) is 0 Å². The first kappa shape index (κ1) is 13.4. The zero-order valence-electron chi connectivity index (χ0n) is 10.8. The highest BCUT2D eigenvalue weighted by atomic mass is 32.1. The summed E-state index contributed by atoms with van der Waals surface area (Å²) >= 11 is 1.23. The monoisotopic (exact) mass is 268 g/mol. The van der Waals surface area contributed by atoms with Crippen molar-refractivity contribution < 1.29 is 4.79 Å². The van der Waals surface area contributed by atoms with E-state index in [1.54, 1.807) is 5.38 Å². The molecule has 1 atom stereocenters. The molecule has 6 heteroatoms. The van der Waals surface area contributed by atoms with Gasteiger partial charge in [0, 0.05) is 24.5 Å². The first-order valence-electron chi connectivity index (χ1n) is 6.61. The molecular weight excluding hydrogens is 248 g/mol. The van der Waals surface area contributed by atoms with Crippen LogP contribution < -0.4 is 5.32 Å². The summed E-state index contributed by atoms with van der Waals surface area (Å²) in [6.45, 7) is 4.81. The maximum atomic E-state index is 12.3. The Hall–Kier alpha value is -1.01. The average Bonchev–Trinajstić information content (AvgIpc) is 3.06. The van der Waals surface area contributed by atoms with Gasteiger partial charge >= 0.3 is 0 Å². The Kier molecular flexibility index (Phi) is 5.07. The van der Waals surface area contributed by atoms with E-state index >= 15 is 0 Å². The van der Waals surface area contributed by atoms with Crippen LogP contribution in [0.4, 0.5) is 0 Å². The molecule has 2 heterocycles. The van der Waals surface area contributed by atoms with E-state index in [4.69, 9.17) is 0 Å². The van der Waals surface area contributed by atoms with Gasteiger partial charge in [0.25, 0.3) is 5.91 Å². The summed E-state index contributed by atoms with van der Waals surface area (Å²) in [5.74, 6) is 0.0194. The van der Waals surface area contributed by atoms with Crippen LogP contribution in [0.1, 0.15) is 43.1 Å². The Bertz CT molecular complexity index is 362. The lowest BCUT2D eigenvalue weighted by Crippen LogP contribution is -2.41. The lowest BCUT2D eigenvalue weighted by atomic mass is 10.2. The van der Waals surface area contributed by atoms with E-state index in [9.17, 15) is 4.79 Å². The molecule has 1 amide bonds. The van der Waals surface area contributed by atoms with Crippen molar-refractivity contribution in [3.63, 3.8) is 0 Å². The maximum absolute atomic E-state index is 12.3. The summed E-state index contributed by atoms with van der Waals surface area (Å²) in [6.07, 6.45) is 4.50. The number of rotatable bonds is 6. The van der Waals surface area contributed by atoms with Gasteiger partial charge in [0.15, 0.2) is 5.69 Å². The highest BCUT2D eigenvalue weighted by Gasteiger charge is 2.23. The van der Waals surface area contributed by atoms with Gasteiger partial charge in [-0.2, -0.15) is 0 Å². The number of carbonyl (C=O) groups excluding carboxylic acids is 1. The smallest absolute Gasteiger partial charge is 0.275 e. The molecule has 0 bridgehead atoms. The third kappa shape index (κ3) is 3.49. The molecule has 18 heavy (non-hydrogen) atoms. The van der Waals surface area contributed by atoms with E-state index in [1.807, 2.05) is 4.90 Å². The van der Waals surface area contributed by atoms with E-state index < -0.39 is 0 Å². The van der Waals surface area contributed by atoms with Gasteiger partial charge in [-0.15, -0.1) is 5.10 Å². The molecule has 1 fully saturated rings. The molecule has 0 spiro atoms. The van der Waals surface area contributed by atoms with Gasteiger partial charge in [0.1, 0.15) is 0 Å². The number of nitrogens with one attached hydrogen (secondary N) is 1. The number of unbranched alkanes of at least 4 members (excludes halogenated alkanes) is 1. The van der Waals surface area contributed by atoms with E-state index in [0.717, 1.165) is 38.9 Å². The van der Waals surface area contributed by atoms with E-state index in [2.05, 4.69) is 21.8 Å². The van der Waals surface area contributed by atoms with Gasteiger partial charge < -0.3 is 10.2 Å². The molecule has 1 aromatic rings. The number of hydrogen-bond acceptors (Lipinski definition) is 5. The van der Waals surface area contributed by atoms with Crippen LogP contribution in [0.3, 0.4) is 0 Å². The Morgan fingerprint density at radius 1 is 1.67 bits per heavy atom. The second kappa shape index (κ2) is 6.80. The van der Waals surface area contributed by atoms with Crippen LogP contribution in [0.25, 0.3) is 0 Å². The number of nitrogens with zero attached hydrogens (tertiary/aromatic N) is 3. The normalized spacial score (nSPS) is 19.1. The number of aromatic nitrogens is 2. The SMILES string of the molecule is CCCCN(CC1CCCN1)C(=O)c1csnn1. The summed E-state index contributed by atoms with van der Waals surface area (Å²) in [5.41, 5.74) is 0.481. The van der Waals surface area contributed by atoms with Crippen molar-refractivity contribution in [3.05, 3.63) is 11.1 Å². The topological polar surface area (TPSA) is 58.1 Å². The fourth-order valence-corrected chi connectivity index (χ4v) is 2.65. The van der Waals surface area contributed by atoms with Crippen molar-refractivity contribution >= 4 is 17.4 Å². The summed E-state index contributed by atoms with van der Waals surface area (Å²) in [7, 11) is 0. The van der Waals surface area contributed by atoms with Crippen molar-refractivity contribution in [2.75, 3.05) is 19.6 Å². The van der Waals surface area contributed by atoms with Gasteiger partial charge in [-0.25, -0.2) is 0 Å². The van der Waals surface area contributed by atoms with Crippen LogP contribution in [0, 0.1) is 0 Å². The summed E-state index contributed by atoms with van der Waals surface area (Å²) in [5, 5.41) is 9.04. The third-order valence-electron chi connectivity index (χ3n) is 3.25. The Labute approximate surface area is 112 Å². The first-order chi connectivity index (χ1) is 8.81. The van der Waals surface area contributed by atoms with E-state index in [-0.39, 0.29) is 5.91 Å². The molecule has 1 unspecified atom stereocenters. The van der Waals surface area contributed by atoms with E-state index in [0.29, 0.717) is 11.7 Å². The second-order valence-electron chi connectivity index (χ2n) is 4.69. The molecule has 1 saturated heterocycles. The molecule has 1 aliphatic rings. The van der Waals surface area contributed by atoms with Gasteiger partial charge in [0.2, 0.25) is 0 Å². The molecule has 1 N–H and O–H groups in total. The highest BCUT2D eigenvalue weighted by molar-refractivity contribution is 7.03. The van der Waals surface area contributed by atoms with Crippen molar-refractivity contribution in [2.24, 2.45) is 0 Å². The molecule has 0 saturated carbocycles. The zero-order chi connectivity index (χ0) is 12.8. The number of amides is 1. The number of carbonyl (C=O) groups is 1. The standard InChI is InChI=1S/C12H20N4OS/c1-2-3-7-16(8-10-5-4-6-13-10)12(17)11-9-18-15-14-11/h9-10,13H,2-8H2,1H3. The second-order valence-corrected chi connectivity index (χ2v) is 5.30. The Balaban J connectivity index is 1.96. The first-order valence-corrected chi connectivity index (χ1v) is 7.44. The third-order valence-corrected chi connectivity index (χ3v) is 3.76. The van der Waals surface area contributed by atoms with Crippen molar-refractivity contribution in [1.82, 2.24) is 19.8 Å². The van der Waals surface area contributed by atoms with Crippen LogP contribution in [0.5, 0.6) is 0 Å². The molecule has 1 aliphatic heterocycles. The van der Waals surface area contributed by atoms with E-state index in [1.165, 1.54) is 18.0 Å². The van der Waals surface area contributed by atoms with Crippen molar-refractivity contribution in [1.29, 1.82) is 0 Å². The molecule has 0 radical (unpaired) electrons. The Morgan fingerprint density at radius 2 is 2.56 bits per heavy atom. The fourth-order valence-electron chi connectivity index (χ4n) is 2.22. The molecule has 0 aromatic carbocycles. The molecule has 2 rings (SSSR count). The average molecular weight is 268 g/mol. The van der Waals surface area contributed by atoms with Crippen LogP contribution in [-0.4, -0.2) is 46.1 Å². The summed E-state index contributed by atoms with van der Waals surface area (Å²) in [4.78, 5) is 14.2. The molecule has 100 valence electrons. The van der Waals surface area contributed by atoms with Gasteiger partial charge in [0.05, 0.1) is 0 Å². The van der Waals surface area contributed by atoms with Crippen LogP contribution >= 0.6 is 11.5 Å². The summed E-state index contributed by atoms with van der Waals surface area (Å²) in [6, 6.07) is 0.442. The molecule has 1 aromatic heterocycles. The lowest BCUT2D eigenvalue weighted by Gasteiger charge is -2.25. The van der Waals surface area contributed by atoms with Crippen molar-refractivity contribution in [3.8, 4) is 0 Å². The highest BCUT2D eigenvalue weighted by Crippen LogP contribution is 2.11. The lowest BCUT2D eigenvalue weighted by molar-refractivity contribution is 0.0733. The molecule has 5 nitrogen and oxygen atoms in total. The molecular formula is C12H20N4OS. The zero-order valence-corrected chi connectivity index (χ0v) is 11.6. The minimum absolute atomic E-state index is 0.0194.